The molecule has 5 heterocycles. The Morgan fingerprint density at radius 2 is 1.96 bits per heavy atom. The Kier molecular flexibility index (Phi) is 2.76. The van der Waals surface area contributed by atoms with E-state index in [9.17, 15) is 0 Å². The Hall–Kier alpha value is -2.63. The molecule has 0 saturated carbocycles. The molecule has 5 rings (SSSR count). The largest absolute Gasteiger partial charge is 0.354 e. The number of aromatic nitrogens is 4. The van der Waals surface area contributed by atoms with E-state index in [1.807, 2.05) is 29.0 Å². The first-order valence-electron chi connectivity index (χ1n) is 8.11. The van der Waals surface area contributed by atoms with Gasteiger partial charge in [-0.05, 0) is 30.7 Å². The molecule has 116 valence electrons. The van der Waals surface area contributed by atoms with Crippen molar-refractivity contribution in [1.82, 2.24) is 19.6 Å². The highest BCUT2D eigenvalue weighted by Crippen LogP contribution is 2.35. The zero-order valence-electron chi connectivity index (χ0n) is 12.8. The van der Waals surface area contributed by atoms with Gasteiger partial charge < -0.3 is 9.80 Å². The summed E-state index contributed by atoms with van der Waals surface area (Å²) in [4.78, 5) is 13.6. The van der Waals surface area contributed by atoms with Crippen molar-refractivity contribution < 1.29 is 0 Å². The molecule has 23 heavy (non-hydrogen) atoms. The first-order valence-corrected chi connectivity index (χ1v) is 8.11. The van der Waals surface area contributed by atoms with Crippen molar-refractivity contribution in [2.45, 2.75) is 12.5 Å². The van der Waals surface area contributed by atoms with E-state index in [0.29, 0.717) is 12.0 Å². The average molecular weight is 306 g/mol. The lowest BCUT2D eigenvalue weighted by atomic mass is 10.1. The summed E-state index contributed by atoms with van der Waals surface area (Å²) in [5.74, 6) is 2.82. The first-order chi connectivity index (χ1) is 11.4. The van der Waals surface area contributed by atoms with E-state index in [1.165, 1.54) is 6.42 Å². The number of fused-ring (bicyclic) bond motifs is 2. The third-order valence-electron chi connectivity index (χ3n) is 5.06. The molecule has 0 amide bonds. The molecule has 3 aromatic heterocycles. The molecule has 0 N–H and O–H groups in total. The van der Waals surface area contributed by atoms with Gasteiger partial charge in [-0.3, -0.25) is 0 Å². The molecule has 3 aromatic rings. The SMILES string of the molecule is c1ccc(N2CC3CCN(c4ccc5nccn5n4)C3C2)nc1. The Morgan fingerprint density at radius 1 is 0.957 bits per heavy atom. The second-order valence-electron chi connectivity index (χ2n) is 6.32. The molecule has 2 atom stereocenters. The molecule has 0 aliphatic carbocycles. The highest BCUT2D eigenvalue weighted by atomic mass is 15.4. The van der Waals surface area contributed by atoms with Crippen molar-refractivity contribution in [1.29, 1.82) is 0 Å². The van der Waals surface area contributed by atoms with Crippen LogP contribution < -0.4 is 9.80 Å². The maximum absolute atomic E-state index is 4.72. The molecule has 0 spiro atoms. The maximum Gasteiger partial charge on any atom is 0.153 e. The number of anilines is 2. The van der Waals surface area contributed by atoms with Crippen molar-refractivity contribution >= 4 is 17.3 Å². The fourth-order valence-electron chi connectivity index (χ4n) is 3.93. The van der Waals surface area contributed by atoms with E-state index < -0.39 is 0 Å². The van der Waals surface area contributed by atoms with Crippen LogP contribution in [0, 0.1) is 5.92 Å². The van der Waals surface area contributed by atoms with Crippen LogP contribution in [0.25, 0.3) is 5.65 Å². The van der Waals surface area contributed by atoms with Crippen LogP contribution >= 0.6 is 0 Å². The Balaban J connectivity index is 1.43. The van der Waals surface area contributed by atoms with Crippen LogP contribution in [0.1, 0.15) is 6.42 Å². The van der Waals surface area contributed by atoms with E-state index in [0.717, 1.165) is 36.9 Å². The van der Waals surface area contributed by atoms with Gasteiger partial charge in [0, 0.05) is 44.1 Å². The predicted octanol–water partition coefficient (Wildman–Crippen LogP) is 1.84. The molecule has 0 aromatic carbocycles. The number of hydrogen-bond donors (Lipinski definition) is 0. The number of hydrogen-bond acceptors (Lipinski definition) is 5. The number of pyridine rings is 1. The second-order valence-corrected chi connectivity index (χ2v) is 6.32. The van der Waals surface area contributed by atoms with Crippen LogP contribution in [0.4, 0.5) is 11.6 Å². The van der Waals surface area contributed by atoms with Gasteiger partial charge in [-0.25, -0.2) is 14.5 Å². The molecule has 6 heteroatoms. The predicted molar refractivity (Wildman–Crippen MR) is 88.7 cm³/mol. The summed E-state index contributed by atoms with van der Waals surface area (Å²) in [5, 5.41) is 4.72. The van der Waals surface area contributed by atoms with Gasteiger partial charge in [-0.2, -0.15) is 0 Å². The summed E-state index contributed by atoms with van der Waals surface area (Å²) >= 11 is 0. The Bertz CT molecular complexity index is 829. The van der Waals surface area contributed by atoms with Gasteiger partial charge in [0.1, 0.15) is 11.6 Å². The minimum atomic E-state index is 0.519. The molecule has 2 fully saturated rings. The Labute approximate surface area is 134 Å². The van der Waals surface area contributed by atoms with E-state index in [1.54, 1.807) is 6.20 Å². The van der Waals surface area contributed by atoms with Gasteiger partial charge in [-0.1, -0.05) is 6.07 Å². The number of rotatable bonds is 2. The summed E-state index contributed by atoms with van der Waals surface area (Å²) in [6, 6.07) is 10.8. The highest BCUT2D eigenvalue weighted by molar-refractivity contribution is 5.50. The van der Waals surface area contributed by atoms with Gasteiger partial charge in [0.2, 0.25) is 0 Å². The van der Waals surface area contributed by atoms with E-state index in [2.05, 4.69) is 38.0 Å². The van der Waals surface area contributed by atoms with Gasteiger partial charge in [-0.15, -0.1) is 5.10 Å². The zero-order chi connectivity index (χ0) is 15.2. The normalized spacial score (nSPS) is 23.7. The summed E-state index contributed by atoms with van der Waals surface area (Å²) in [7, 11) is 0. The molecular weight excluding hydrogens is 288 g/mol. The second kappa shape index (κ2) is 4.94. The van der Waals surface area contributed by atoms with Crippen LogP contribution in [0.2, 0.25) is 0 Å². The third kappa shape index (κ3) is 2.05. The van der Waals surface area contributed by atoms with Crippen molar-refractivity contribution in [2.75, 3.05) is 29.4 Å². The van der Waals surface area contributed by atoms with Gasteiger partial charge in [0.05, 0.1) is 6.04 Å². The lowest BCUT2D eigenvalue weighted by molar-refractivity contribution is 0.578. The van der Waals surface area contributed by atoms with Crippen LogP contribution in [0.3, 0.4) is 0 Å². The minimum absolute atomic E-state index is 0.519. The molecule has 6 nitrogen and oxygen atoms in total. The summed E-state index contributed by atoms with van der Waals surface area (Å²) in [5.41, 5.74) is 0.894. The van der Waals surface area contributed by atoms with Gasteiger partial charge in [0.15, 0.2) is 5.65 Å². The fraction of sp³-hybridized carbons (Fsp3) is 0.353. The standard InChI is InChI=1S/C17H18N6/c1-2-7-18-15(3-1)21-11-13-6-9-22(14(13)12-21)17-5-4-16-19-8-10-23(16)20-17/h1-5,7-8,10,13-14H,6,9,11-12H2. The summed E-state index contributed by atoms with van der Waals surface area (Å²) in [6.45, 7) is 3.19. The van der Waals surface area contributed by atoms with E-state index in [-0.39, 0.29) is 0 Å². The van der Waals surface area contributed by atoms with Gasteiger partial charge in [0.25, 0.3) is 0 Å². The third-order valence-corrected chi connectivity index (χ3v) is 5.06. The lowest BCUT2D eigenvalue weighted by Gasteiger charge is -2.26. The molecule has 2 saturated heterocycles. The van der Waals surface area contributed by atoms with Crippen LogP contribution in [-0.2, 0) is 0 Å². The van der Waals surface area contributed by atoms with E-state index >= 15 is 0 Å². The van der Waals surface area contributed by atoms with E-state index in [4.69, 9.17) is 5.10 Å². The molecular formula is C17H18N6. The molecule has 2 unspecified atom stereocenters. The summed E-state index contributed by atoms with van der Waals surface area (Å²) < 4.78 is 1.86. The Morgan fingerprint density at radius 3 is 2.87 bits per heavy atom. The van der Waals surface area contributed by atoms with Crippen molar-refractivity contribution in [2.24, 2.45) is 5.92 Å². The van der Waals surface area contributed by atoms with Gasteiger partial charge >= 0.3 is 0 Å². The molecule has 2 aliphatic heterocycles. The average Bonchev–Trinajstić information content (AvgIpc) is 3.30. The number of nitrogens with zero attached hydrogens (tertiary/aromatic N) is 6. The topological polar surface area (TPSA) is 49.6 Å². The monoisotopic (exact) mass is 306 g/mol. The van der Waals surface area contributed by atoms with Crippen LogP contribution in [0.15, 0.2) is 48.9 Å². The summed E-state index contributed by atoms with van der Waals surface area (Å²) in [6.07, 6.45) is 6.78. The first kappa shape index (κ1) is 12.9. The maximum atomic E-state index is 4.72. The lowest BCUT2D eigenvalue weighted by Crippen LogP contribution is -2.36. The quantitative estimate of drug-likeness (QED) is 0.723. The van der Waals surface area contributed by atoms with Crippen LogP contribution in [0.5, 0.6) is 0 Å². The molecule has 0 radical (unpaired) electrons. The molecule has 0 bridgehead atoms. The van der Waals surface area contributed by atoms with Crippen molar-refractivity contribution in [3.63, 3.8) is 0 Å². The minimum Gasteiger partial charge on any atom is -0.354 e. The van der Waals surface area contributed by atoms with Crippen LogP contribution in [-0.4, -0.2) is 45.3 Å². The number of imidazole rings is 1. The zero-order valence-corrected chi connectivity index (χ0v) is 12.8. The van der Waals surface area contributed by atoms with Crippen molar-refractivity contribution in [3.05, 3.63) is 48.9 Å². The highest BCUT2D eigenvalue weighted by Gasteiger charge is 2.42. The van der Waals surface area contributed by atoms with Crippen molar-refractivity contribution in [3.8, 4) is 0 Å². The molecule has 2 aliphatic rings. The smallest absolute Gasteiger partial charge is 0.153 e. The fourth-order valence-corrected chi connectivity index (χ4v) is 3.93.